The van der Waals surface area contributed by atoms with Crippen LogP contribution in [0, 0.1) is 0 Å². The molecule has 0 amide bonds. The molecule has 1 saturated heterocycles. The molecule has 0 radical (unpaired) electrons. The number of methoxy groups -OCH3 is 1. The first-order valence-corrected chi connectivity index (χ1v) is 9.38. The summed E-state index contributed by atoms with van der Waals surface area (Å²) in [6.45, 7) is 1.75. The van der Waals surface area contributed by atoms with Crippen molar-refractivity contribution in [3.63, 3.8) is 0 Å². The van der Waals surface area contributed by atoms with Gasteiger partial charge in [0.2, 0.25) is 0 Å². The molecule has 0 unspecified atom stereocenters. The fraction of sp³-hybridized carbons (Fsp3) is 0.450. The normalized spacial score (nSPS) is 17.8. The van der Waals surface area contributed by atoms with E-state index in [1.54, 1.807) is 7.11 Å². The largest absolute Gasteiger partial charge is 0.497 e. The van der Waals surface area contributed by atoms with Gasteiger partial charge in [-0.1, -0.05) is 25.0 Å². The van der Waals surface area contributed by atoms with Crippen LogP contribution in [0.5, 0.6) is 5.75 Å². The molecule has 1 aliphatic rings. The van der Waals surface area contributed by atoms with Gasteiger partial charge < -0.3 is 19.5 Å². The van der Waals surface area contributed by atoms with E-state index < -0.39 is 0 Å². The van der Waals surface area contributed by atoms with E-state index in [0.29, 0.717) is 6.04 Å². The second kappa shape index (κ2) is 8.39. The average molecular weight is 358 g/mol. The number of aromatic nitrogens is 1. The van der Waals surface area contributed by atoms with E-state index in [0.717, 1.165) is 30.4 Å². The lowest BCUT2D eigenvalue weighted by molar-refractivity contribution is 0.306. The molecule has 1 aromatic heterocycles. The number of benzene rings is 1. The Balaban J connectivity index is 1.68. The van der Waals surface area contributed by atoms with E-state index in [4.69, 9.17) is 17.0 Å². The summed E-state index contributed by atoms with van der Waals surface area (Å²) >= 11 is 5.76. The molecule has 134 valence electrons. The van der Waals surface area contributed by atoms with Gasteiger partial charge in [0, 0.05) is 32.0 Å². The van der Waals surface area contributed by atoms with Crippen LogP contribution in [0.25, 0.3) is 0 Å². The van der Waals surface area contributed by atoms with Crippen molar-refractivity contribution in [3.8, 4) is 5.75 Å². The van der Waals surface area contributed by atoms with Crippen molar-refractivity contribution < 1.29 is 4.74 Å². The summed E-state index contributed by atoms with van der Waals surface area (Å²) in [6.07, 6.45) is 7.01. The molecule has 3 rings (SSSR count). The van der Waals surface area contributed by atoms with Crippen molar-refractivity contribution in [2.24, 2.45) is 7.05 Å². The number of rotatable bonds is 4. The number of thiocarbonyl (C=S) groups is 1. The van der Waals surface area contributed by atoms with Gasteiger partial charge in [-0.25, -0.2) is 0 Å². The average Bonchev–Trinajstić information content (AvgIpc) is 2.92. The van der Waals surface area contributed by atoms with Gasteiger partial charge >= 0.3 is 0 Å². The Kier molecular flexibility index (Phi) is 5.97. The SMILES string of the molecule is COc1ccc(CNC(=S)N2CCCCC[C@H]2c2cccn2C)cc1. The molecular formula is C20H27N3OS. The number of aryl methyl sites for hydroxylation is 1. The van der Waals surface area contributed by atoms with Gasteiger partial charge in [0.15, 0.2) is 5.11 Å². The topological polar surface area (TPSA) is 29.4 Å². The van der Waals surface area contributed by atoms with Crippen molar-refractivity contribution >= 4 is 17.3 Å². The number of nitrogens with zero attached hydrogens (tertiary/aromatic N) is 2. The minimum Gasteiger partial charge on any atom is -0.497 e. The molecule has 2 aromatic rings. The predicted octanol–water partition coefficient (Wildman–Crippen LogP) is 4.03. The molecule has 1 atom stereocenters. The molecule has 1 fully saturated rings. The fourth-order valence-corrected chi connectivity index (χ4v) is 3.79. The van der Waals surface area contributed by atoms with E-state index in [9.17, 15) is 0 Å². The molecule has 2 heterocycles. The van der Waals surface area contributed by atoms with Crippen LogP contribution >= 0.6 is 12.2 Å². The third kappa shape index (κ3) is 4.34. The van der Waals surface area contributed by atoms with Crippen molar-refractivity contribution in [3.05, 3.63) is 53.9 Å². The van der Waals surface area contributed by atoms with Crippen LogP contribution in [0.3, 0.4) is 0 Å². The summed E-state index contributed by atoms with van der Waals surface area (Å²) in [5, 5.41) is 4.30. The molecule has 1 aliphatic heterocycles. The minimum absolute atomic E-state index is 0.360. The first-order chi connectivity index (χ1) is 12.2. The second-order valence-electron chi connectivity index (χ2n) is 6.61. The Morgan fingerprint density at radius 1 is 1.20 bits per heavy atom. The second-order valence-corrected chi connectivity index (χ2v) is 7.00. The summed E-state index contributed by atoms with van der Waals surface area (Å²) in [7, 11) is 3.80. The Morgan fingerprint density at radius 2 is 2.00 bits per heavy atom. The smallest absolute Gasteiger partial charge is 0.169 e. The van der Waals surface area contributed by atoms with E-state index in [-0.39, 0.29) is 0 Å². The standard InChI is InChI=1S/C20H27N3OS/c1-22-13-6-8-18(22)19-7-4-3-5-14-23(19)20(25)21-15-16-9-11-17(24-2)12-10-16/h6,8-13,19H,3-5,7,14-15H2,1-2H3,(H,21,25)/t19-/m0/s1. The molecular weight excluding hydrogens is 330 g/mol. The zero-order chi connectivity index (χ0) is 17.6. The molecule has 5 heteroatoms. The van der Waals surface area contributed by atoms with Crippen LogP contribution in [0.2, 0.25) is 0 Å². The summed E-state index contributed by atoms with van der Waals surface area (Å²) in [4.78, 5) is 2.38. The van der Waals surface area contributed by atoms with Gasteiger partial charge in [-0.15, -0.1) is 0 Å². The highest BCUT2D eigenvalue weighted by molar-refractivity contribution is 7.80. The molecule has 0 saturated carbocycles. The van der Waals surface area contributed by atoms with Crippen molar-refractivity contribution in [2.45, 2.75) is 38.3 Å². The highest BCUT2D eigenvalue weighted by Gasteiger charge is 2.26. The number of nitrogens with one attached hydrogen (secondary N) is 1. The number of ether oxygens (including phenoxy) is 1. The lowest BCUT2D eigenvalue weighted by Gasteiger charge is -2.33. The summed E-state index contributed by atoms with van der Waals surface area (Å²) < 4.78 is 7.43. The maximum absolute atomic E-state index is 5.76. The minimum atomic E-state index is 0.360. The highest BCUT2D eigenvalue weighted by atomic mass is 32.1. The van der Waals surface area contributed by atoms with Gasteiger partial charge in [0.05, 0.1) is 13.2 Å². The Labute approximate surface area is 155 Å². The maximum Gasteiger partial charge on any atom is 0.169 e. The van der Waals surface area contributed by atoms with Crippen LogP contribution < -0.4 is 10.1 Å². The van der Waals surface area contributed by atoms with E-state index in [1.165, 1.54) is 30.5 Å². The quantitative estimate of drug-likeness (QED) is 0.837. The number of hydrogen-bond acceptors (Lipinski definition) is 2. The Morgan fingerprint density at radius 3 is 2.68 bits per heavy atom. The fourth-order valence-electron chi connectivity index (χ4n) is 3.50. The predicted molar refractivity (Wildman–Crippen MR) is 106 cm³/mol. The lowest BCUT2D eigenvalue weighted by atomic mass is 10.1. The van der Waals surface area contributed by atoms with Crippen LogP contribution in [0.4, 0.5) is 0 Å². The first-order valence-electron chi connectivity index (χ1n) is 8.97. The molecule has 0 aliphatic carbocycles. The van der Waals surface area contributed by atoms with Crippen LogP contribution in [0.1, 0.15) is 43.0 Å². The van der Waals surface area contributed by atoms with Crippen LogP contribution in [-0.2, 0) is 13.6 Å². The van der Waals surface area contributed by atoms with Gasteiger partial charge in [-0.3, -0.25) is 0 Å². The third-order valence-electron chi connectivity index (χ3n) is 4.94. The lowest BCUT2D eigenvalue weighted by Crippen LogP contribution is -2.42. The van der Waals surface area contributed by atoms with Crippen LogP contribution in [0.15, 0.2) is 42.6 Å². The zero-order valence-electron chi connectivity index (χ0n) is 15.1. The third-order valence-corrected chi connectivity index (χ3v) is 5.32. The summed E-state index contributed by atoms with van der Waals surface area (Å²) in [5.41, 5.74) is 2.55. The van der Waals surface area contributed by atoms with Crippen LogP contribution in [-0.4, -0.2) is 28.2 Å². The Bertz CT molecular complexity index is 695. The highest BCUT2D eigenvalue weighted by Crippen LogP contribution is 2.30. The molecule has 25 heavy (non-hydrogen) atoms. The van der Waals surface area contributed by atoms with E-state index in [1.807, 2.05) is 12.1 Å². The first kappa shape index (κ1) is 17.8. The van der Waals surface area contributed by atoms with E-state index >= 15 is 0 Å². The van der Waals surface area contributed by atoms with Crippen molar-refractivity contribution in [2.75, 3.05) is 13.7 Å². The van der Waals surface area contributed by atoms with Crippen molar-refractivity contribution in [1.29, 1.82) is 0 Å². The van der Waals surface area contributed by atoms with Gasteiger partial charge in [0.25, 0.3) is 0 Å². The number of hydrogen-bond donors (Lipinski definition) is 1. The summed E-state index contributed by atoms with van der Waals surface area (Å²) in [5.74, 6) is 0.877. The Hall–Kier alpha value is -2.01. The maximum atomic E-state index is 5.76. The van der Waals surface area contributed by atoms with Gasteiger partial charge in [-0.2, -0.15) is 0 Å². The molecule has 4 nitrogen and oxygen atoms in total. The monoisotopic (exact) mass is 357 g/mol. The zero-order valence-corrected chi connectivity index (χ0v) is 15.9. The van der Waals surface area contributed by atoms with Gasteiger partial charge in [-0.05, 0) is 54.9 Å². The van der Waals surface area contributed by atoms with Crippen molar-refractivity contribution in [1.82, 2.24) is 14.8 Å². The number of likely N-dealkylation sites (tertiary alicyclic amines) is 1. The molecule has 0 bridgehead atoms. The van der Waals surface area contributed by atoms with E-state index in [2.05, 4.69) is 52.3 Å². The summed E-state index contributed by atoms with van der Waals surface area (Å²) in [6, 6.07) is 12.8. The molecule has 1 aromatic carbocycles. The molecule has 1 N–H and O–H groups in total. The molecule has 0 spiro atoms. The van der Waals surface area contributed by atoms with Gasteiger partial charge in [0.1, 0.15) is 5.75 Å².